The Morgan fingerprint density at radius 2 is 2.03 bits per heavy atom. The average molecular weight is 423 g/mol. The van der Waals surface area contributed by atoms with Crippen LogP contribution in [0.3, 0.4) is 0 Å². The Morgan fingerprint density at radius 1 is 1.27 bits per heavy atom. The van der Waals surface area contributed by atoms with E-state index in [-0.39, 0.29) is 6.04 Å². The van der Waals surface area contributed by atoms with Gasteiger partial charge in [-0.25, -0.2) is 4.79 Å². The Morgan fingerprint density at radius 3 is 2.73 bits per heavy atom. The predicted octanol–water partition coefficient (Wildman–Crippen LogP) is 2.43. The Kier molecular flexibility index (Phi) is 6.35. The molecule has 0 bridgehead atoms. The Bertz CT molecular complexity index is 1010. The number of nitrogens with one attached hydrogen (secondary N) is 1. The van der Waals surface area contributed by atoms with Crippen LogP contribution >= 0.6 is 0 Å². The van der Waals surface area contributed by atoms with Crippen molar-refractivity contribution in [2.45, 2.75) is 25.1 Å². The molecule has 4 N–H and O–H groups in total. The van der Waals surface area contributed by atoms with E-state index >= 15 is 0 Å². The van der Waals surface area contributed by atoms with Crippen molar-refractivity contribution in [1.82, 2.24) is 19.6 Å². The van der Waals surface area contributed by atoms with Gasteiger partial charge in [0.05, 0.1) is 17.6 Å². The third-order valence-corrected chi connectivity index (χ3v) is 4.40. The second-order valence-electron chi connectivity index (χ2n) is 6.62. The molecular weight excluding hydrogens is 403 g/mol. The number of nitrogens with zero attached hydrogens (tertiary/aromatic N) is 5. The van der Waals surface area contributed by atoms with Crippen LogP contribution in [0.5, 0.6) is 0 Å². The van der Waals surface area contributed by atoms with Crippen molar-refractivity contribution in [3.05, 3.63) is 42.9 Å². The largest absolute Gasteiger partial charge is 0.490 e. The maximum absolute atomic E-state index is 10.6. The van der Waals surface area contributed by atoms with Crippen molar-refractivity contribution in [3.8, 4) is 0 Å². The van der Waals surface area contributed by atoms with Crippen molar-refractivity contribution in [2.75, 3.05) is 23.3 Å². The molecule has 12 heteroatoms. The summed E-state index contributed by atoms with van der Waals surface area (Å²) < 4.78 is 33.7. The third kappa shape index (κ3) is 5.14. The van der Waals surface area contributed by atoms with E-state index in [1.54, 1.807) is 0 Å². The van der Waals surface area contributed by atoms with Crippen molar-refractivity contribution in [2.24, 2.45) is 5.73 Å². The van der Waals surface area contributed by atoms with Gasteiger partial charge in [0.1, 0.15) is 0 Å². The van der Waals surface area contributed by atoms with Crippen LogP contribution in [0.2, 0.25) is 0 Å². The summed E-state index contributed by atoms with van der Waals surface area (Å²) in [4.78, 5) is 15.4. The van der Waals surface area contributed by atoms with E-state index in [1.165, 1.54) is 0 Å². The second kappa shape index (κ2) is 8.95. The molecule has 0 spiro atoms. The first-order valence-corrected chi connectivity index (χ1v) is 9.07. The molecular formula is C18H20F3N7O2. The van der Waals surface area contributed by atoms with E-state index in [2.05, 4.69) is 25.4 Å². The van der Waals surface area contributed by atoms with Gasteiger partial charge in [-0.1, -0.05) is 6.07 Å². The van der Waals surface area contributed by atoms with E-state index in [0.29, 0.717) is 5.95 Å². The highest BCUT2D eigenvalue weighted by molar-refractivity contribution is 5.73. The monoisotopic (exact) mass is 423 g/mol. The lowest BCUT2D eigenvalue weighted by Gasteiger charge is -2.33. The number of carboxylic acid groups (broad SMARTS) is 1. The van der Waals surface area contributed by atoms with Gasteiger partial charge in [0, 0.05) is 31.5 Å². The summed E-state index contributed by atoms with van der Waals surface area (Å²) in [5, 5.41) is 18.9. The molecule has 0 radical (unpaired) electrons. The van der Waals surface area contributed by atoms with Crippen LogP contribution in [0.15, 0.2) is 42.9 Å². The lowest BCUT2D eigenvalue weighted by Crippen LogP contribution is -2.43. The molecule has 4 heterocycles. The molecule has 3 aromatic rings. The fourth-order valence-electron chi connectivity index (χ4n) is 3.04. The molecule has 4 rings (SSSR count). The molecule has 0 aliphatic carbocycles. The highest BCUT2D eigenvalue weighted by Crippen LogP contribution is 2.29. The highest BCUT2D eigenvalue weighted by Gasteiger charge is 2.38. The number of pyridine rings is 2. The summed E-state index contributed by atoms with van der Waals surface area (Å²) in [6.07, 6.45) is 2.67. The van der Waals surface area contributed by atoms with Crippen molar-refractivity contribution < 1.29 is 23.1 Å². The molecule has 160 valence electrons. The minimum Gasteiger partial charge on any atom is -0.475 e. The quantitative estimate of drug-likeness (QED) is 0.587. The van der Waals surface area contributed by atoms with Crippen molar-refractivity contribution in [1.29, 1.82) is 0 Å². The number of piperidine rings is 1. The molecule has 1 aliphatic heterocycles. The zero-order valence-electron chi connectivity index (χ0n) is 15.8. The first-order chi connectivity index (χ1) is 14.3. The topological polar surface area (TPSA) is 122 Å². The number of aliphatic carboxylic acids is 1. The van der Waals surface area contributed by atoms with Crippen LogP contribution in [0, 0.1) is 0 Å². The molecule has 1 unspecified atom stereocenters. The smallest absolute Gasteiger partial charge is 0.475 e. The van der Waals surface area contributed by atoms with Crippen LogP contribution in [0.1, 0.15) is 12.8 Å². The minimum absolute atomic E-state index is 0.221. The third-order valence-electron chi connectivity index (χ3n) is 4.40. The Hall–Kier alpha value is -3.41. The van der Waals surface area contributed by atoms with Crippen LogP contribution in [-0.2, 0) is 4.79 Å². The molecule has 3 aromatic heterocycles. The van der Waals surface area contributed by atoms with Gasteiger partial charge in [0.25, 0.3) is 0 Å². The molecule has 9 nitrogen and oxygen atoms in total. The number of fused-ring (bicyclic) bond motifs is 1. The minimum atomic E-state index is -5.08. The number of halogens is 3. The molecule has 0 amide bonds. The average Bonchev–Trinajstić information content (AvgIpc) is 3.11. The van der Waals surface area contributed by atoms with E-state index in [9.17, 15) is 13.2 Å². The van der Waals surface area contributed by atoms with Gasteiger partial charge >= 0.3 is 12.1 Å². The van der Waals surface area contributed by atoms with Crippen LogP contribution in [0.4, 0.5) is 30.5 Å². The summed E-state index contributed by atoms with van der Waals surface area (Å²) >= 11 is 0. The van der Waals surface area contributed by atoms with Gasteiger partial charge in [0.15, 0.2) is 5.65 Å². The fourth-order valence-corrected chi connectivity index (χ4v) is 3.04. The SMILES string of the molecule is NC1CCCN(c2ccncc2Nc2nnc3ccccn23)C1.O=C(O)C(F)(F)F. The van der Waals surface area contributed by atoms with Gasteiger partial charge in [-0.15, -0.1) is 10.2 Å². The van der Waals surface area contributed by atoms with Gasteiger partial charge in [-0.05, 0) is 31.0 Å². The summed E-state index contributed by atoms with van der Waals surface area (Å²) in [6.45, 7) is 1.87. The fraction of sp³-hybridized carbons (Fsp3) is 0.333. The van der Waals surface area contributed by atoms with Crippen molar-refractivity contribution in [3.63, 3.8) is 0 Å². The van der Waals surface area contributed by atoms with Gasteiger partial charge in [-0.2, -0.15) is 13.2 Å². The van der Waals surface area contributed by atoms with E-state index in [0.717, 1.165) is 43.0 Å². The Labute approximate surface area is 169 Å². The standard InChI is InChI=1S/C16H19N7.C2HF3O2/c17-12-4-3-8-22(11-12)14-6-7-18-10-13(14)19-16-21-20-15-5-1-2-9-23(15)16;3-2(4,5)1(6)7/h1-2,5-7,9-10,12H,3-4,8,11,17H2,(H,19,21);(H,6,7). The van der Waals surface area contributed by atoms with E-state index < -0.39 is 12.1 Å². The lowest BCUT2D eigenvalue weighted by molar-refractivity contribution is -0.192. The molecule has 30 heavy (non-hydrogen) atoms. The molecule has 1 aliphatic rings. The highest BCUT2D eigenvalue weighted by atomic mass is 19.4. The normalized spacial score (nSPS) is 16.7. The van der Waals surface area contributed by atoms with E-state index in [1.807, 2.05) is 47.3 Å². The zero-order chi connectivity index (χ0) is 21.7. The van der Waals surface area contributed by atoms with Gasteiger partial charge in [-0.3, -0.25) is 9.38 Å². The summed E-state index contributed by atoms with van der Waals surface area (Å²) in [7, 11) is 0. The predicted molar refractivity (Wildman–Crippen MR) is 104 cm³/mol. The van der Waals surface area contributed by atoms with Gasteiger partial charge < -0.3 is 21.1 Å². The zero-order valence-corrected chi connectivity index (χ0v) is 15.8. The van der Waals surface area contributed by atoms with Crippen LogP contribution < -0.4 is 16.0 Å². The Balaban J connectivity index is 0.000000318. The summed E-state index contributed by atoms with van der Waals surface area (Å²) in [5.74, 6) is -2.08. The number of carbonyl (C=O) groups is 1. The van der Waals surface area contributed by atoms with Crippen LogP contribution in [0.25, 0.3) is 5.65 Å². The molecule has 1 saturated heterocycles. The van der Waals surface area contributed by atoms with Crippen LogP contribution in [-0.4, -0.2) is 56.0 Å². The number of carboxylic acids is 1. The van der Waals surface area contributed by atoms with E-state index in [4.69, 9.17) is 15.6 Å². The number of alkyl halides is 3. The molecule has 0 saturated carbocycles. The summed E-state index contributed by atoms with van der Waals surface area (Å²) in [5.41, 5.74) is 8.94. The number of aromatic nitrogens is 4. The number of anilines is 3. The second-order valence-corrected chi connectivity index (χ2v) is 6.62. The number of rotatable bonds is 3. The van der Waals surface area contributed by atoms with Crippen molar-refractivity contribution >= 4 is 28.9 Å². The van der Waals surface area contributed by atoms with Gasteiger partial charge in [0.2, 0.25) is 5.95 Å². The number of hydrogen-bond donors (Lipinski definition) is 3. The maximum Gasteiger partial charge on any atom is 0.490 e. The molecule has 1 atom stereocenters. The first kappa shape index (κ1) is 21.3. The molecule has 0 aromatic carbocycles. The number of nitrogens with two attached hydrogens (primary N) is 1. The number of hydrogen-bond acceptors (Lipinski definition) is 7. The lowest BCUT2D eigenvalue weighted by atomic mass is 10.1. The maximum atomic E-state index is 10.6. The molecule has 1 fully saturated rings. The summed E-state index contributed by atoms with van der Waals surface area (Å²) in [6, 6.07) is 8.06. The first-order valence-electron chi connectivity index (χ1n) is 9.07.